The highest BCUT2D eigenvalue weighted by molar-refractivity contribution is 5.95. The maximum absolute atomic E-state index is 12.2. The van der Waals surface area contributed by atoms with Crippen molar-refractivity contribution < 1.29 is 14.3 Å². The number of amides is 1. The summed E-state index contributed by atoms with van der Waals surface area (Å²) in [6, 6.07) is 10.5. The summed E-state index contributed by atoms with van der Waals surface area (Å²) < 4.78 is 6.35. The molecule has 6 heteroatoms. The van der Waals surface area contributed by atoms with E-state index < -0.39 is 18.0 Å². The Labute approximate surface area is 145 Å². The lowest BCUT2D eigenvalue weighted by molar-refractivity contribution is -0.153. The first-order valence-corrected chi connectivity index (χ1v) is 8.30. The Hall–Kier alpha value is -2.89. The molecule has 1 aromatic carbocycles. The van der Waals surface area contributed by atoms with Gasteiger partial charge < -0.3 is 14.6 Å². The van der Waals surface area contributed by atoms with Crippen LogP contribution in [0.1, 0.15) is 24.5 Å². The van der Waals surface area contributed by atoms with Crippen molar-refractivity contribution in [3.63, 3.8) is 0 Å². The van der Waals surface area contributed by atoms with Crippen LogP contribution in [0.25, 0.3) is 0 Å². The van der Waals surface area contributed by atoms with Gasteiger partial charge in [0.1, 0.15) is 6.54 Å². The van der Waals surface area contributed by atoms with E-state index in [0.717, 1.165) is 19.3 Å². The Kier molecular flexibility index (Phi) is 4.97. The van der Waals surface area contributed by atoms with E-state index in [2.05, 4.69) is 5.32 Å². The molecule has 6 nitrogen and oxygen atoms in total. The molecule has 25 heavy (non-hydrogen) atoms. The molecule has 0 unspecified atom stereocenters. The van der Waals surface area contributed by atoms with Gasteiger partial charge in [-0.05, 0) is 55.5 Å². The van der Waals surface area contributed by atoms with Gasteiger partial charge in [0.2, 0.25) is 0 Å². The molecule has 1 aromatic heterocycles. The molecule has 0 bridgehead atoms. The van der Waals surface area contributed by atoms with Crippen LogP contribution in [0, 0.1) is 0 Å². The number of esters is 1. The van der Waals surface area contributed by atoms with Crippen molar-refractivity contribution in [2.24, 2.45) is 0 Å². The molecule has 0 radical (unpaired) electrons. The Balaban J connectivity index is 1.56. The molecule has 0 saturated carbocycles. The van der Waals surface area contributed by atoms with Crippen molar-refractivity contribution in [1.29, 1.82) is 0 Å². The molecular weight excluding hydrogens is 320 g/mol. The summed E-state index contributed by atoms with van der Waals surface area (Å²) in [6.07, 6.45) is 3.80. The normalized spacial score (nSPS) is 13.8. The fourth-order valence-corrected chi connectivity index (χ4v) is 2.91. The minimum absolute atomic E-state index is 0.226. The molecule has 1 N–H and O–H groups in total. The Morgan fingerprint density at radius 3 is 2.80 bits per heavy atom. The monoisotopic (exact) mass is 340 g/mol. The van der Waals surface area contributed by atoms with Crippen LogP contribution >= 0.6 is 0 Å². The maximum atomic E-state index is 12.2. The van der Waals surface area contributed by atoms with Crippen LogP contribution in [0.3, 0.4) is 0 Å². The Morgan fingerprint density at radius 1 is 1.20 bits per heavy atom. The third-order valence-electron chi connectivity index (χ3n) is 4.24. The summed E-state index contributed by atoms with van der Waals surface area (Å²) in [5, 5.41) is 2.77. The van der Waals surface area contributed by atoms with Crippen molar-refractivity contribution in [1.82, 2.24) is 4.57 Å². The zero-order valence-electron chi connectivity index (χ0n) is 14.0. The predicted octanol–water partition coefficient (Wildman–Crippen LogP) is 1.91. The summed E-state index contributed by atoms with van der Waals surface area (Å²) >= 11 is 0. The molecule has 0 fully saturated rings. The smallest absolute Gasteiger partial charge is 0.326 e. The van der Waals surface area contributed by atoms with Crippen LogP contribution < -0.4 is 10.9 Å². The van der Waals surface area contributed by atoms with E-state index in [-0.39, 0.29) is 12.1 Å². The van der Waals surface area contributed by atoms with E-state index in [1.54, 1.807) is 12.1 Å². The standard InChI is InChI=1S/C19H20N2O4/c1-13(25-18(23)12-21-10-3-2-7-17(21)22)19(24)20-16-9-8-14-5-4-6-15(14)11-16/h2-3,7-11,13H,4-6,12H2,1H3,(H,20,24)/t13-/m1/s1. The SMILES string of the molecule is C[C@@H](OC(=O)Cn1ccccc1=O)C(=O)Nc1ccc2c(c1)CCC2. The number of rotatable bonds is 5. The maximum Gasteiger partial charge on any atom is 0.326 e. The number of fused-ring (bicyclic) bond motifs is 1. The Bertz CT molecular complexity index is 856. The largest absolute Gasteiger partial charge is 0.451 e. The molecule has 0 spiro atoms. The molecule has 1 amide bonds. The molecule has 1 aliphatic carbocycles. The lowest BCUT2D eigenvalue weighted by Gasteiger charge is -2.14. The highest BCUT2D eigenvalue weighted by Gasteiger charge is 2.19. The first-order valence-electron chi connectivity index (χ1n) is 8.30. The molecule has 0 saturated heterocycles. The summed E-state index contributed by atoms with van der Waals surface area (Å²) in [4.78, 5) is 35.7. The van der Waals surface area contributed by atoms with Crippen molar-refractivity contribution in [2.45, 2.75) is 38.8 Å². The van der Waals surface area contributed by atoms with Crippen LogP contribution in [0.4, 0.5) is 5.69 Å². The number of benzene rings is 1. The number of aromatic nitrogens is 1. The fourth-order valence-electron chi connectivity index (χ4n) is 2.91. The number of pyridine rings is 1. The number of anilines is 1. The number of hydrogen-bond donors (Lipinski definition) is 1. The molecular formula is C19H20N2O4. The lowest BCUT2D eigenvalue weighted by Crippen LogP contribution is -2.32. The summed E-state index contributed by atoms with van der Waals surface area (Å²) in [5.74, 6) is -1.03. The van der Waals surface area contributed by atoms with Gasteiger partial charge in [-0.25, -0.2) is 0 Å². The zero-order valence-corrected chi connectivity index (χ0v) is 14.0. The predicted molar refractivity (Wildman–Crippen MR) is 93.4 cm³/mol. The van der Waals surface area contributed by atoms with E-state index in [4.69, 9.17) is 4.74 Å². The average Bonchev–Trinajstić information content (AvgIpc) is 3.04. The lowest BCUT2D eigenvalue weighted by atomic mass is 10.1. The quantitative estimate of drug-likeness (QED) is 0.844. The van der Waals surface area contributed by atoms with Gasteiger partial charge in [-0.2, -0.15) is 0 Å². The molecule has 1 aliphatic rings. The van der Waals surface area contributed by atoms with Crippen LogP contribution in [0.15, 0.2) is 47.4 Å². The van der Waals surface area contributed by atoms with Gasteiger partial charge in [0, 0.05) is 18.0 Å². The van der Waals surface area contributed by atoms with Gasteiger partial charge in [-0.1, -0.05) is 12.1 Å². The zero-order chi connectivity index (χ0) is 17.8. The van der Waals surface area contributed by atoms with Crippen LogP contribution in [-0.4, -0.2) is 22.5 Å². The fraction of sp³-hybridized carbons (Fsp3) is 0.316. The summed E-state index contributed by atoms with van der Waals surface area (Å²) in [7, 11) is 0. The number of carbonyl (C=O) groups excluding carboxylic acids is 2. The summed E-state index contributed by atoms with van der Waals surface area (Å²) in [6.45, 7) is 1.28. The second-order valence-corrected chi connectivity index (χ2v) is 6.13. The minimum atomic E-state index is -0.944. The van der Waals surface area contributed by atoms with Crippen molar-refractivity contribution in [2.75, 3.05) is 5.32 Å². The first kappa shape index (κ1) is 17.0. The minimum Gasteiger partial charge on any atom is -0.451 e. The number of hydrogen-bond acceptors (Lipinski definition) is 4. The number of ether oxygens (including phenoxy) is 1. The van der Waals surface area contributed by atoms with Crippen LogP contribution in [0.2, 0.25) is 0 Å². The Morgan fingerprint density at radius 2 is 2.00 bits per heavy atom. The second kappa shape index (κ2) is 7.34. The molecule has 0 aliphatic heterocycles. The molecule has 2 aromatic rings. The molecule has 1 heterocycles. The van der Waals surface area contributed by atoms with E-state index in [9.17, 15) is 14.4 Å². The molecule has 130 valence electrons. The van der Waals surface area contributed by atoms with Crippen LogP contribution in [-0.2, 0) is 33.7 Å². The van der Waals surface area contributed by atoms with Gasteiger partial charge in [0.15, 0.2) is 6.10 Å². The number of nitrogens with zero attached hydrogens (tertiary/aromatic N) is 1. The van der Waals surface area contributed by atoms with Crippen molar-refractivity contribution >= 4 is 17.6 Å². The van der Waals surface area contributed by atoms with Gasteiger partial charge in [-0.15, -0.1) is 0 Å². The third kappa shape index (κ3) is 4.15. The highest BCUT2D eigenvalue weighted by atomic mass is 16.5. The van der Waals surface area contributed by atoms with Crippen molar-refractivity contribution in [3.05, 3.63) is 64.1 Å². The molecule has 1 atom stereocenters. The van der Waals surface area contributed by atoms with Gasteiger partial charge in [0.05, 0.1) is 0 Å². The highest BCUT2D eigenvalue weighted by Crippen LogP contribution is 2.24. The van der Waals surface area contributed by atoms with E-state index in [1.807, 2.05) is 18.2 Å². The van der Waals surface area contributed by atoms with E-state index in [1.165, 1.54) is 34.9 Å². The van der Waals surface area contributed by atoms with Gasteiger partial charge >= 0.3 is 5.97 Å². The number of aryl methyl sites for hydroxylation is 2. The first-order chi connectivity index (χ1) is 12.0. The number of nitrogens with one attached hydrogen (secondary N) is 1. The van der Waals surface area contributed by atoms with E-state index >= 15 is 0 Å². The van der Waals surface area contributed by atoms with E-state index in [0.29, 0.717) is 5.69 Å². The van der Waals surface area contributed by atoms with Gasteiger partial charge in [0.25, 0.3) is 11.5 Å². The van der Waals surface area contributed by atoms with Crippen LogP contribution in [0.5, 0.6) is 0 Å². The van der Waals surface area contributed by atoms with Gasteiger partial charge in [-0.3, -0.25) is 14.4 Å². The summed E-state index contributed by atoms with van der Waals surface area (Å²) in [5.41, 5.74) is 2.99. The van der Waals surface area contributed by atoms with Crippen molar-refractivity contribution in [3.8, 4) is 0 Å². The topological polar surface area (TPSA) is 77.4 Å². The molecule has 3 rings (SSSR count). The average molecular weight is 340 g/mol. The number of carbonyl (C=O) groups is 2. The third-order valence-corrected chi connectivity index (χ3v) is 4.24. The second-order valence-electron chi connectivity index (χ2n) is 6.13.